The normalized spacial score (nSPS) is 16.0. The SMILES string of the molecule is CC(C)Oc1ccc(NC(=O)[C@@H]2COc3ccccc3O2)cc1. The molecule has 5 nitrogen and oxygen atoms in total. The van der Waals surface area contributed by atoms with E-state index in [1.807, 2.05) is 44.2 Å². The molecular weight excluding hydrogens is 294 g/mol. The molecule has 0 saturated heterocycles. The standard InChI is InChI=1S/C18H19NO4/c1-12(2)22-14-9-7-13(8-10-14)19-18(20)17-11-21-15-5-3-4-6-16(15)23-17/h3-10,12,17H,11H2,1-2H3,(H,19,20)/t17-/m0/s1. The van der Waals surface area contributed by atoms with Crippen LogP contribution < -0.4 is 19.5 Å². The zero-order chi connectivity index (χ0) is 16.2. The smallest absolute Gasteiger partial charge is 0.269 e. The van der Waals surface area contributed by atoms with Gasteiger partial charge in [-0.3, -0.25) is 4.79 Å². The first-order valence-corrected chi connectivity index (χ1v) is 7.58. The van der Waals surface area contributed by atoms with E-state index in [4.69, 9.17) is 14.2 Å². The van der Waals surface area contributed by atoms with Crippen LogP contribution in [-0.4, -0.2) is 24.7 Å². The number of rotatable bonds is 4. The highest BCUT2D eigenvalue weighted by atomic mass is 16.6. The maximum atomic E-state index is 12.3. The first kappa shape index (κ1) is 15.2. The van der Waals surface area contributed by atoms with Gasteiger partial charge in [0.05, 0.1) is 6.10 Å². The van der Waals surface area contributed by atoms with Gasteiger partial charge in [0.15, 0.2) is 11.5 Å². The lowest BCUT2D eigenvalue weighted by Crippen LogP contribution is -2.40. The van der Waals surface area contributed by atoms with E-state index in [9.17, 15) is 4.79 Å². The second-order valence-corrected chi connectivity index (χ2v) is 5.54. The molecule has 1 heterocycles. The van der Waals surface area contributed by atoms with Crippen LogP contribution in [0.4, 0.5) is 5.69 Å². The second kappa shape index (κ2) is 6.60. The number of nitrogens with one attached hydrogen (secondary N) is 1. The number of hydrogen-bond acceptors (Lipinski definition) is 4. The predicted octanol–water partition coefficient (Wildman–Crippen LogP) is 3.25. The summed E-state index contributed by atoms with van der Waals surface area (Å²) in [4.78, 5) is 12.3. The Balaban J connectivity index is 1.61. The molecule has 0 radical (unpaired) electrons. The molecule has 120 valence electrons. The summed E-state index contributed by atoms with van der Waals surface area (Å²) in [5.41, 5.74) is 0.688. The summed E-state index contributed by atoms with van der Waals surface area (Å²) in [5.74, 6) is 1.77. The number of carbonyl (C=O) groups excluding carboxylic acids is 1. The number of para-hydroxylation sites is 2. The van der Waals surface area contributed by atoms with Gasteiger partial charge in [-0.2, -0.15) is 0 Å². The summed E-state index contributed by atoms with van der Waals surface area (Å²) in [6, 6.07) is 14.6. The van der Waals surface area contributed by atoms with Crippen LogP contribution >= 0.6 is 0 Å². The molecule has 2 aromatic rings. The number of benzene rings is 2. The van der Waals surface area contributed by atoms with Crippen molar-refractivity contribution in [3.63, 3.8) is 0 Å². The van der Waals surface area contributed by atoms with Crippen molar-refractivity contribution in [3.8, 4) is 17.2 Å². The first-order valence-electron chi connectivity index (χ1n) is 7.58. The Kier molecular flexibility index (Phi) is 4.37. The van der Waals surface area contributed by atoms with Gasteiger partial charge in [-0.15, -0.1) is 0 Å². The van der Waals surface area contributed by atoms with E-state index < -0.39 is 6.10 Å². The molecule has 1 aliphatic heterocycles. The Labute approximate surface area is 135 Å². The number of amides is 1. The van der Waals surface area contributed by atoms with Crippen LogP contribution in [0.2, 0.25) is 0 Å². The van der Waals surface area contributed by atoms with Crippen LogP contribution in [0, 0.1) is 0 Å². The molecule has 5 heteroatoms. The zero-order valence-corrected chi connectivity index (χ0v) is 13.1. The van der Waals surface area contributed by atoms with Gasteiger partial charge in [0, 0.05) is 5.69 Å². The lowest BCUT2D eigenvalue weighted by atomic mass is 10.2. The van der Waals surface area contributed by atoms with E-state index in [2.05, 4.69) is 5.32 Å². The molecule has 1 N–H and O–H groups in total. The third-order valence-electron chi connectivity index (χ3n) is 3.29. The molecule has 0 aliphatic carbocycles. The van der Waals surface area contributed by atoms with E-state index in [0.29, 0.717) is 17.2 Å². The lowest BCUT2D eigenvalue weighted by Gasteiger charge is -2.25. The number of carbonyl (C=O) groups is 1. The van der Waals surface area contributed by atoms with Gasteiger partial charge in [-0.25, -0.2) is 0 Å². The van der Waals surface area contributed by atoms with Gasteiger partial charge in [-0.05, 0) is 50.2 Å². The topological polar surface area (TPSA) is 56.8 Å². The van der Waals surface area contributed by atoms with Crippen LogP contribution in [0.3, 0.4) is 0 Å². The summed E-state index contributed by atoms with van der Waals surface area (Å²) in [6.45, 7) is 4.12. The van der Waals surface area contributed by atoms with Crippen molar-refractivity contribution >= 4 is 11.6 Å². The molecular formula is C18H19NO4. The fourth-order valence-corrected chi connectivity index (χ4v) is 2.26. The van der Waals surface area contributed by atoms with Crippen LogP contribution in [-0.2, 0) is 4.79 Å². The first-order chi connectivity index (χ1) is 11.1. The molecule has 23 heavy (non-hydrogen) atoms. The Hall–Kier alpha value is -2.69. The Morgan fingerprint density at radius 2 is 1.83 bits per heavy atom. The fourth-order valence-electron chi connectivity index (χ4n) is 2.26. The van der Waals surface area contributed by atoms with Crippen LogP contribution in [0.25, 0.3) is 0 Å². The molecule has 1 aliphatic rings. The average molecular weight is 313 g/mol. The average Bonchev–Trinajstić information content (AvgIpc) is 2.55. The van der Waals surface area contributed by atoms with Gasteiger partial charge >= 0.3 is 0 Å². The predicted molar refractivity (Wildman–Crippen MR) is 87.2 cm³/mol. The Morgan fingerprint density at radius 1 is 1.13 bits per heavy atom. The minimum Gasteiger partial charge on any atom is -0.491 e. The van der Waals surface area contributed by atoms with Gasteiger partial charge in [-0.1, -0.05) is 12.1 Å². The zero-order valence-electron chi connectivity index (χ0n) is 13.1. The summed E-state index contributed by atoms with van der Waals surface area (Å²) in [6.07, 6.45) is -0.556. The van der Waals surface area contributed by atoms with Crippen LogP contribution in [0.1, 0.15) is 13.8 Å². The van der Waals surface area contributed by atoms with Gasteiger partial charge in [0.1, 0.15) is 12.4 Å². The van der Waals surface area contributed by atoms with E-state index in [1.165, 1.54) is 0 Å². The molecule has 3 rings (SSSR count). The largest absolute Gasteiger partial charge is 0.491 e. The molecule has 0 bridgehead atoms. The van der Waals surface area contributed by atoms with Gasteiger partial charge in [0.2, 0.25) is 6.10 Å². The third-order valence-corrected chi connectivity index (χ3v) is 3.29. The van der Waals surface area contributed by atoms with Crippen molar-refractivity contribution in [2.75, 3.05) is 11.9 Å². The van der Waals surface area contributed by atoms with Crippen LogP contribution in [0.5, 0.6) is 17.2 Å². The molecule has 0 fully saturated rings. The van der Waals surface area contributed by atoms with Crippen molar-refractivity contribution < 1.29 is 19.0 Å². The number of ether oxygens (including phenoxy) is 3. The summed E-state index contributed by atoms with van der Waals surface area (Å²) in [7, 11) is 0. The van der Waals surface area contributed by atoms with Crippen molar-refractivity contribution in [1.29, 1.82) is 0 Å². The van der Waals surface area contributed by atoms with Crippen LogP contribution in [0.15, 0.2) is 48.5 Å². The molecule has 1 atom stereocenters. The number of anilines is 1. The maximum Gasteiger partial charge on any atom is 0.269 e. The summed E-state index contributed by atoms with van der Waals surface area (Å²) in [5, 5.41) is 2.82. The minimum absolute atomic E-state index is 0.114. The fraction of sp³-hybridized carbons (Fsp3) is 0.278. The van der Waals surface area contributed by atoms with E-state index in [-0.39, 0.29) is 18.6 Å². The Bertz CT molecular complexity index is 682. The summed E-state index contributed by atoms with van der Waals surface area (Å²) < 4.78 is 16.8. The van der Waals surface area contributed by atoms with E-state index >= 15 is 0 Å². The van der Waals surface area contributed by atoms with E-state index in [1.54, 1.807) is 18.2 Å². The maximum absolute atomic E-state index is 12.3. The molecule has 0 saturated carbocycles. The highest BCUT2D eigenvalue weighted by molar-refractivity contribution is 5.94. The Morgan fingerprint density at radius 3 is 2.52 bits per heavy atom. The molecule has 0 unspecified atom stereocenters. The number of fused-ring (bicyclic) bond motifs is 1. The summed E-state index contributed by atoms with van der Waals surface area (Å²) >= 11 is 0. The lowest BCUT2D eigenvalue weighted by molar-refractivity contribution is -0.125. The van der Waals surface area contributed by atoms with E-state index in [0.717, 1.165) is 5.75 Å². The van der Waals surface area contributed by atoms with Crippen molar-refractivity contribution in [2.45, 2.75) is 26.1 Å². The van der Waals surface area contributed by atoms with Crippen molar-refractivity contribution in [2.24, 2.45) is 0 Å². The molecule has 1 amide bonds. The number of hydrogen-bond donors (Lipinski definition) is 1. The second-order valence-electron chi connectivity index (χ2n) is 5.54. The quantitative estimate of drug-likeness (QED) is 0.941. The van der Waals surface area contributed by atoms with Crippen molar-refractivity contribution in [3.05, 3.63) is 48.5 Å². The molecule has 0 aromatic heterocycles. The highest BCUT2D eigenvalue weighted by Crippen LogP contribution is 2.31. The molecule has 2 aromatic carbocycles. The van der Waals surface area contributed by atoms with Gasteiger partial charge in [0.25, 0.3) is 5.91 Å². The third kappa shape index (κ3) is 3.74. The highest BCUT2D eigenvalue weighted by Gasteiger charge is 2.27. The molecule has 0 spiro atoms. The van der Waals surface area contributed by atoms with Crippen molar-refractivity contribution in [1.82, 2.24) is 0 Å². The van der Waals surface area contributed by atoms with Gasteiger partial charge < -0.3 is 19.5 Å². The minimum atomic E-state index is -0.670. The monoisotopic (exact) mass is 313 g/mol.